The van der Waals surface area contributed by atoms with Crippen LogP contribution in [0.5, 0.6) is 5.75 Å². The first-order valence-electron chi connectivity index (χ1n) is 10.4. The minimum Gasteiger partial charge on any atom is -0.492 e. The van der Waals surface area contributed by atoms with Crippen molar-refractivity contribution in [2.45, 2.75) is 25.3 Å². The van der Waals surface area contributed by atoms with Gasteiger partial charge < -0.3 is 14.5 Å². The first kappa shape index (κ1) is 23.6. The highest BCUT2D eigenvalue weighted by Crippen LogP contribution is 2.27. The quantitative estimate of drug-likeness (QED) is 0.181. The Hall–Kier alpha value is -3.01. The maximum atomic E-state index is 12.8. The van der Waals surface area contributed by atoms with Gasteiger partial charge in [-0.2, -0.15) is 0 Å². The van der Waals surface area contributed by atoms with Crippen LogP contribution in [0.15, 0.2) is 57.8 Å². The Balaban J connectivity index is 1.58. The molecule has 1 heterocycles. The maximum Gasteiger partial charge on any atom is 0.307 e. The standard InChI is InChI=1S/C23H27N3O5S/c1-3-26(4-2)15-19-18-7-5-6-8-20(18)31-21(19)22(27)24-13-14-30-16-9-11-17(12-10-16)32-23(28)25-29/h5-12,29H,3-4,13-15H2,1-2H3,(H,24,27)(H,25,28). The fourth-order valence-electron chi connectivity index (χ4n) is 3.26. The third kappa shape index (κ3) is 6.03. The topological polar surface area (TPSA) is 104 Å². The lowest BCUT2D eigenvalue weighted by atomic mass is 10.1. The van der Waals surface area contributed by atoms with Crippen molar-refractivity contribution in [3.05, 3.63) is 59.9 Å². The van der Waals surface area contributed by atoms with E-state index in [4.69, 9.17) is 14.4 Å². The minimum absolute atomic E-state index is 0.270. The van der Waals surface area contributed by atoms with E-state index >= 15 is 0 Å². The monoisotopic (exact) mass is 457 g/mol. The molecule has 9 heteroatoms. The summed E-state index contributed by atoms with van der Waals surface area (Å²) >= 11 is 0.866. The molecule has 0 radical (unpaired) electrons. The fourth-order valence-corrected chi connectivity index (χ4v) is 3.79. The number of nitrogens with zero attached hydrogens (tertiary/aromatic N) is 1. The number of hydrogen-bond donors (Lipinski definition) is 3. The molecule has 8 nitrogen and oxygen atoms in total. The molecule has 170 valence electrons. The minimum atomic E-state index is -0.563. The number of para-hydroxylation sites is 1. The molecule has 0 aliphatic carbocycles. The lowest BCUT2D eigenvalue weighted by molar-refractivity contribution is 0.0918. The number of carbonyl (C=O) groups is 2. The van der Waals surface area contributed by atoms with Crippen molar-refractivity contribution < 1.29 is 24.0 Å². The van der Waals surface area contributed by atoms with Crippen LogP contribution in [0.3, 0.4) is 0 Å². The lowest BCUT2D eigenvalue weighted by Gasteiger charge is -2.18. The van der Waals surface area contributed by atoms with Gasteiger partial charge in [-0.25, -0.2) is 5.48 Å². The van der Waals surface area contributed by atoms with Gasteiger partial charge in [0.25, 0.3) is 5.91 Å². The largest absolute Gasteiger partial charge is 0.492 e. The zero-order chi connectivity index (χ0) is 22.9. The zero-order valence-electron chi connectivity index (χ0n) is 18.1. The van der Waals surface area contributed by atoms with Crippen molar-refractivity contribution in [1.82, 2.24) is 15.7 Å². The van der Waals surface area contributed by atoms with E-state index in [1.165, 1.54) is 0 Å². The molecule has 2 amide bonds. The SMILES string of the molecule is CCN(CC)Cc1c(C(=O)NCCOc2ccc(SC(=O)NO)cc2)oc2ccccc12. The second kappa shape index (κ2) is 11.6. The summed E-state index contributed by atoms with van der Waals surface area (Å²) in [7, 11) is 0. The molecule has 32 heavy (non-hydrogen) atoms. The second-order valence-corrected chi connectivity index (χ2v) is 7.99. The van der Waals surface area contributed by atoms with Crippen molar-refractivity contribution in [1.29, 1.82) is 0 Å². The maximum absolute atomic E-state index is 12.8. The molecule has 0 saturated heterocycles. The number of carbonyl (C=O) groups excluding carboxylic acids is 2. The third-order valence-corrected chi connectivity index (χ3v) is 5.75. The van der Waals surface area contributed by atoms with Gasteiger partial charge in [0, 0.05) is 22.4 Å². The van der Waals surface area contributed by atoms with Crippen LogP contribution < -0.4 is 15.5 Å². The molecule has 1 aromatic heterocycles. The Morgan fingerprint density at radius 3 is 2.50 bits per heavy atom. The van der Waals surface area contributed by atoms with Crippen LogP contribution in [-0.4, -0.2) is 47.5 Å². The summed E-state index contributed by atoms with van der Waals surface area (Å²) in [6.45, 7) is 7.18. The van der Waals surface area contributed by atoms with Crippen molar-refractivity contribution in [2.24, 2.45) is 0 Å². The molecular formula is C23H27N3O5S. The summed E-state index contributed by atoms with van der Waals surface area (Å²) in [6, 6.07) is 14.5. The van der Waals surface area contributed by atoms with Gasteiger partial charge in [-0.1, -0.05) is 32.0 Å². The molecule has 0 aliphatic rings. The molecule has 3 N–H and O–H groups in total. The molecule has 0 atom stereocenters. The van der Waals surface area contributed by atoms with Crippen LogP contribution >= 0.6 is 11.8 Å². The number of rotatable bonds is 10. The number of furan rings is 1. The van der Waals surface area contributed by atoms with E-state index in [9.17, 15) is 9.59 Å². The number of nitrogens with one attached hydrogen (secondary N) is 2. The zero-order valence-corrected chi connectivity index (χ0v) is 18.9. The Bertz CT molecular complexity index is 1050. The third-order valence-electron chi connectivity index (χ3n) is 4.96. The number of hydroxylamine groups is 1. The Morgan fingerprint density at radius 1 is 1.09 bits per heavy atom. The first-order chi connectivity index (χ1) is 15.5. The van der Waals surface area contributed by atoms with Gasteiger partial charge in [0.15, 0.2) is 5.76 Å². The molecule has 3 aromatic rings. The molecule has 0 spiro atoms. The number of fused-ring (bicyclic) bond motifs is 1. The van der Waals surface area contributed by atoms with Crippen molar-refractivity contribution in [3.63, 3.8) is 0 Å². The van der Waals surface area contributed by atoms with Gasteiger partial charge in [0.05, 0.1) is 6.54 Å². The van der Waals surface area contributed by atoms with Crippen molar-refractivity contribution >= 4 is 33.9 Å². The van der Waals surface area contributed by atoms with E-state index < -0.39 is 5.24 Å². The van der Waals surface area contributed by atoms with E-state index in [2.05, 4.69) is 24.1 Å². The molecule has 0 saturated carbocycles. The summed E-state index contributed by atoms with van der Waals surface area (Å²) < 4.78 is 11.5. The number of ether oxygens (including phenoxy) is 1. The Kier molecular flexibility index (Phi) is 8.55. The summed E-state index contributed by atoms with van der Waals surface area (Å²) in [4.78, 5) is 26.9. The van der Waals surface area contributed by atoms with Gasteiger partial charge in [-0.05, 0) is 55.2 Å². The fraction of sp³-hybridized carbons (Fsp3) is 0.304. The van der Waals surface area contributed by atoms with Crippen LogP contribution in [0.2, 0.25) is 0 Å². The highest BCUT2D eigenvalue weighted by molar-refractivity contribution is 8.13. The van der Waals surface area contributed by atoms with Gasteiger partial charge in [0.2, 0.25) is 0 Å². The highest BCUT2D eigenvalue weighted by Gasteiger charge is 2.21. The van der Waals surface area contributed by atoms with E-state index in [0.717, 1.165) is 35.8 Å². The average Bonchev–Trinajstić information content (AvgIpc) is 3.19. The van der Waals surface area contributed by atoms with Crippen LogP contribution in [0.1, 0.15) is 30.0 Å². The summed E-state index contributed by atoms with van der Waals surface area (Å²) in [6.07, 6.45) is 0. The van der Waals surface area contributed by atoms with Gasteiger partial charge in [0.1, 0.15) is 17.9 Å². The number of amides is 2. The second-order valence-electron chi connectivity index (χ2n) is 6.94. The molecular weight excluding hydrogens is 430 g/mol. The Morgan fingerprint density at radius 2 is 1.81 bits per heavy atom. The predicted octanol–water partition coefficient (Wildman–Crippen LogP) is 4.27. The predicted molar refractivity (Wildman–Crippen MR) is 123 cm³/mol. The van der Waals surface area contributed by atoms with Gasteiger partial charge in [-0.3, -0.25) is 19.7 Å². The average molecular weight is 458 g/mol. The molecule has 2 aromatic carbocycles. The highest BCUT2D eigenvalue weighted by atomic mass is 32.2. The van der Waals surface area contributed by atoms with E-state index in [0.29, 0.717) is 35.1 Å². The molecule has 0 fully saturated rings. The van der Waals surface area contributed by atoms with Crippen molar-refractivity contribution in [2.75, 3.05) is 26.2 Å². The van der Waals surface area contributed by atoms with Crippen LogP contribution in [0, 0.1) is 0 Å². The smallest absolute Gasteiger partial charge is 0.307 e. The molecule has 3 rings (SSSR count). The number of benzene rings is 2. The van der Waals surface area contributed by atoms with Crippen LogP contribution in [0.25, 0.3) is 11.0 Å². The van der Waals surface area contributed by atoms with E-state index in [1.807, 2.05) is 24.3 Å². The number of hydrogen-bond acceptors (Lipinski definition) is 7. The summed E-state index contributed by atoms with van der Waals surface area (Å²) in [5.74, 6) is 0.675. The van der Waals surface area contributed by atoms with Crippen molar-refractivity contribution in [3.8, 4) is 5.75 Å². The van der Waals surface area contributed by atoms with Crippen LogP contribution in [0.4, 0.5) is 4.79 Å². The normalized spacial score (nSPS) is 11.0. The van der Waals surface area contributed by atoms with Gasteiger partial charge in [-0.15, -0.1) is 0 Å². The number of thioether (sulfide) groups is 1. The molecule has 0 unspecified atom stereocenters. The summed E-state index contributed by atoms with van der Waals surface area (Å²) in [5.41, 5.74) is 3.15. The van der Waals surface area contributed by atoms with E-state index in [-0.39, 0.29) is 12.5 Å². The van der Waals surface area contributed by atoms with Gasteiger partial charge >= 0.3 is 5.24 Å². The Labute approximate surface area is 190 Å². The summed E-state index contributed by atoms with van der Waals surface area (Å²) in [5, 5.41) is 11.8. The molecule has 0 bridgehead atoms. The first-order valence-corrected chi connectivity index (χ1v) is 11.2. The van der Waals surface area contributed by atoms with E-state index in [1.54, 1.807) is 29.7 Å². The van der Waals surface area contributed by atoms with Crippen LogP contribution in [-0.2, 0) is 6.54 Å². The lowest BCUT2D eigenvalue weighted by Crippen LogP contribution is -2.29. The molecule has 0 aliphatic heterocycles.